The third kappa shape index (κ3) is 6.83. The van der Waals surface area contributed by atoms with Crippen LogP contribution in [0.3, 0.4) is 0 Å². The number of anilines is 1. The summed E-state index contributed by atoms with van der Waals surface area (Å²) in [6, 6.07) is 13.4. The van der Waals surface area contributed by atoms with Gasteiger partial charge in [-0.15, -0.1) is 0 Å². The van der Waals surface area contributed by atoms with Crippen molar-refractivity contribution in [3.05, 3.63) is 59.2 Å². The first-order chi connectivity index (χ1) is 15.7. The molecular formula is C28H38N2O3. The first kappa shape index (κ1) is 24.8. The lowest BCUT2D eigenvalue weighted by Gasteiger charge is -2.30. The number of hydrogen-bond acceptors (Lipinski definition) is 3. The van der Waals surface area contributed by atoms with E-state index < -0.39 is 5.41 Å². The minimum Gasteiger partial charge on any atom is -0.493 e. The molecule has 1 aliphatic heterocycles. The van der Waals surface area contributed by atoms with Crippen molar-refractivity contribution in [1.29, 1.82) is 0 Å². The van der Waals surface area contributed by atoms with Gasteiger partial charge in [-0.1, -0.05) is 32.9 Å². The van der Waals surface area contributed by atoms with E-state index in [9.17, 15) is 9.59 Å². The minimum absolute atomic E-state index is 0.0293. The molecule has 0 atom stereocenters. The van der Waals surface area contributed by atoms with E-state index in [1.54, 1.807) is 12.1 Å². The number of rotatable bonds is 8. The molecule has 1 N–H and O–H groups in total. The molecule has 1 saturated heterocycles. The SMILES string of the molecule is Cc1ccc(C)c(OCCCC(C)(C)C(=O)Nc2ccc(C(=O)N3CCC(C)CC3)cc2)c1. The van der Waals surface area contributed by atoms with Crippen LogP contribution in [0.4, 0.5) is 5.69 Å². The molecule has 33 heavy (non-hydrogen) atoms. The molecule has 0 aromatic heterocycles. The van der Waals surface area contributed by atoms with Crippen LogP contribution >= 0.6 is 0 Å². The number of ether oxygens (including phenoxy) is 1. The van der Waals surface area contributed by atoms with Crippen molar-refractivity contribution in [3.63, 3.8) is 0 Å². The summed E-state index contributed by atoms with van der Waals surface area (Å²) in [5.41, 5.74) is 3.15. The highest BCUT2D eigenvalue weighted by atomic mass is 16.5. The summed E-state index contributed by atoms with van der Waals surface area (Å²) in [4.78, 5) is 27.5. The van der Waals surface area contributed by atoms with Gasteiger partial charge in [0, 0.05) is 29.8 Å². The van der Waals surface area contributed by atoms with Crippen LogP contribution in [0.25, 0.3) is 0 Å². The molecule has 1 fully saturated rings. The Labute approximate surface area is 198 Å². The second-order valence-corrected chi connectivity index (χ2v) is 10.1. The third-order valence-corrected chi connectivity index (χ3v) is 6.62. The molecule has 178 valence electrons. The van der Waals surface area contributed by atoms with Crippen LogP contribution in [0.1, 0.15) is 67.9 Å². The smallest absolute Gasteiger partial charge is 0.253 e. The second kappa shape index (κ2) is 10.9. The van der Waals surface area contributed by atoms with E-state index in [2.05, 4.69) is 31.3 Å². The van der Waals surface area contributed by atoms with Gasteiger partial charge in [-0.25, -0.2) is 0 Å². The highest BCUT2D eigenvalue weighted by molar-refractivity contribution is 5.97. The molecule has 0 saturated carbocycles. The number of benzene rings is 2. The summed E-state index contributed by atoms with van der Waals surface area (Å²) in [5.74, 6) is 1.64. The Hall–Kier alpha value is -2.82. The Kier molecular flexibility index (Phi) is 8.17. The van der Waals surface area contributed by atoms with Crippen LogP contribution in [0.5, 0.6) is 5.75 Å². The monoisotopic (exact) mass is 450 g/mol. The van der Waals surface area contributed by atoms with Crippen molar-refractivity contribution in [2.75, 3.05) is 25.0 Å². The van der Waals surface area contributed by atoms with Crippen LogP contribution < -0.4 is 10.1 Å². The summed E-state index contributed by atoms with van der Waals surface area (Å²) in [7, 11) is 0. The van der Waals surface area contributed by atoms with Crippen molar-refractivity contribution in [1.82, 2.24) is 4.90 Å². The fourth-order valence-corrected chi connectivity index (χ4v) is 4.06. The molecule has 3 rings (SSSR count). The zero-order valence-corrected chi connectivity index (χ0v) is 20.7. The molecule has 0 bridgehead atoms. The Morgan fingerprint density at radius 1 is 1.06 bits per heavy atom. The first-order valence-corrected chi connectivity index (χ1v) is 12.1. The highest BCUT2D eigenvalue weighted by Gasteiger charge is 2.27. The lowest BCUT2D eigenvalue weighted by molar-refractivity contribution is -0.124. The molecule has 2 aromatic carbocycles. The fourth-order valence-electron chi connectivity index (χ4n) is 4.06. The van der Waals surface area contributed by atoms with Crippen LogP contribution in [-0.2, 0) is 4.79 Å². The average molecular weight is 451 g/mol. The van der Waals surface area contributed by atoms with E-state index in [0.29, 0.717) is 30.2 Å². The van der Waals surface area contributed by atoms with Gasteiger partial charge < -0.3 is 15.0 Å². The van der Waals surface area contributed by atoms with Crippen LogP contribution in [0.2, 0.25) is 0 Å². The molecule has 2 aromatic rings. The van der Waals surface area contributed by atoms with Crippen molar-refractivity contribution >= 4 is 17.5 Å². The number of carbonyl (C=O) groups excluding carboxylic acids is 2. The number of nitrogens with zero attached hydrogens (tertiary/aromatic N) is 1. The lowest BCUT2D eigenvalue weighted by atomic mass is 9.87. The van der Waals surface area contributed by atoms with Crippen molar-refractivity contribution in [3.8, 4) is 5.75 Å². The van der Waals surface area contributed by atoms with Gasteiger partial charge in [-0.05, 0) is 86.9 Å². The molecule has 1 heterocycles. The predicted molar refractivity (Wildman–Crippen MR) is 134 cm³/mol. The summed E-state index contributed by atoms with van der Waals surface area (Å²) in [6.07, 6.45) is 3.62. The van der Waals surface area contributed by atoms with Crippen molar-refractivity contribution < 1.29 is 14.3 Å². The van der Waals surface area contributed by atoms with E-state index in [4.69, 9.17) is 4.74 Å². The highest BCUT2D eigenvalue weighted by Crippen LogP contribution is 2.26. The van der Waals surface area contributed by atoms with Crippen LogP contribution in [-0.4, -0.2) is 36.4 Å². The lowest BCUT2D eigenvalue weighted by Crippen LogP contribution is -2.37. The average Bonchev–Trinajstić information content (AvgIpc) is 2.79. The summed E-state index contributed by atoms with van der Waals surface area (Å²) in [5, 5.41) is 3.00. The first-order valence-electron chi connectivity index (χ1n) is 12.1. The number of piperidine rings is 1. The molecule has 2 amide bonds. The second-order valence-electron chi connectivity index (χ2n) is 10.1. The van der Waals surface area contributed by atoms with Gasteiger partial charge in [-0.2, -0.15) is 0 Å². The Morgan fingerprint density at radius 2 is 1.73 bits per heavy atom. The molecular weight excluding hydrogens is 412 g/mol. The maximum Gasteiger partial charge on any atom is 0.253 e. The van der Waals surface area contributed by atoms with Crippen LogP contribution in [0.15, 0.2) is 42.5 Å². The summed E-state index contributed by atoms with van der Waals surface area (Å²) in [6.45, 7) is 12.4. The van der Waals surface area contributed by atoms with E-state index in [1.165, 1.54) is 5.56 Å². The number of likely N-dealkylation sites (tertiary alicyclic amines) is 1. The zero-order chi connectivity index (χ0) is 24.0. The zero-order valence-electron chi connectivity index (χ0n) is 20.7. The van der Waals surface area contributed by atoms with E-state index >= 15 is 0 Å². The molecule has 5 heteroatoms. The molecule has 0 aliphatic carbocycles. The van der Waals surface area contributed by atoms with Gasteiger partial charge in [0.1, 0.15) is 5.75 Å². The molecule has 1 aliphatic rings. The Bertz CT molecular complexity index is 958. The fraction of sp³-hybridized carbons (Fsp3) is 0.500. The Balaban J connectivity index is 1.48. The number of aryl methyl sites for hydroxylation is 2. The van der Waals surface area contributed by atoms with E-state index in [0.717, 1.165) is 43.7 Å². The topological polar surface area (TPSA) is 58.6 Å². The number of nitrogens with one attached hydrogen (secondary N) is 1. The van der Waals surface area contributed by atoms with Crippen LogP contribution in [0, 0.1) is 25.2 Å². The van der Waals surface area contributed by atoms with Gasteiger partial charge in [0.25, 0.3) is 5.91 Å². The quantitative estimate of drug-likeness (QED) is 0.502. The van der Waals surface area contributed by atoms with E-state index in [-0.39, 0.29) is 11.8 Å². The van der Waals surface area contributed by atoms with E-state index in [1.807, 2.05) is 43.9 Å². The van der Waals surface area contributed by atoms with Crippen molar-refractivity contribution in [2.45, 2.75) is 60.3 Å². The minimum atomic E-state index is -0.524. The predicted octanol–water partition coefficient (Wildman–Crippen LogP) is 6.00. The molecule has 5 nitrogen and oxygen atoms in total. The van der Waals surface area contributed by atoms with Gasteiger partial charge in [-0.3, -0.25) is 9.59 Å². The summed E-state index contributed by atoms with van der Waals surface area (Å²) >= 11 is 0. The number of hydrogen-bond donors (Lipinski definition) is 1. The summed E-state index contributed by atoms with van der Waals surface area (Å²) < 4.78 is 5.93. The van der Waals surface area contributed by atoms with Gasteiger partial charge in [0.2, 0.25) is 5.91 Å². The largest absolute Gasteiger partial charge is 0.493 e. The van der Waals surface area contributed by atoms with Gasteiger partial charge >= 0.3 is 0 Å². The maximum absolute atomic E-state index is 12.9. The maximum atomic E-state index is 12.9. The third-order valence-electron chi connectivity index (χ3n) is 6.62. The number of carbonyl (C=O) groups is 2. The van der Waals surface area contributed by atoms with Gasteiger partial charge in [0.05, 0.1) is 6.61 Å². The standard InChI is InChI=1S/C28H38N2O3/c1-20-13-16-30(17-14-20)26(31)23-9-11-24(12-10-23)29-27(32)28(4,5)15-6-18-33-25-19-21(2)7-8-22(25)3/h7-12,19-20H,6,13-18H2,1-5H3,(H,29,32). The molecule has 0 radical (unpaired) electrons. The number of amides is 2. The normalized spacial score (nSPS) is 14.8. The van der Waals surface area contributed by atoms with Gasteiger partial charge in [0.15, 0.2) is 0 Å². The molecule has 0 unspecified atom stereocenters. The molecule has 0 spiro atoms. The Morgan fingerprint density at radius 3 is 2.39 bits per heavy atom. The van der Waals surface area contributed by atoms with Crippen molar-refractivity contribution in [2.24, 2.45) is 11.3 Å².